The Morgan fingerprint density at radius 3 is 2.86 bits per heavy atom. The van der Waals surface area contributed by atoms with Crippen LogP contribution in [0.1, 0.15) is 39.5 Å². The quantitative estimate of drug-likeness (QED) is 0.873. The number of aromatic nitrogens is 2. The molecule has 3 nitrogen and oxygen atoms in total. The fourth-order valence-electron chi connectivity index (χ4n) is 3.22. The molecule has 112 valence electrons. The van der Waals surface area contributed by atoms with Gasteiger partial charge in [-0.3, -0.25) is 0 Å². The van der Waals surface area contributed by atoms with E-state index in [0.29, 0.717) is 11.5 Å². The van der Waals surface area contributed by atoms with Gasteiger partial charge < -0.3 is 5.32 Å². The van der Waals surface area contributed by atoms with E-state index in [4.69, 9.17) is 11.6 Å². The van der Waals surface area contributed by atoms with Crippen LogP contribution in [0, 0.1) is 5.41 Å². The molecule has 0 aliphatic heterocycles. The Kier molecular flexibility index (Phi) is 3.94. The number of hydrogen-bond acceptors (Lipinski definition) is 2. The van der Waals surface area contributed by atoms with Crippen LogP contribution in [0.2, 0.25) is 5.02 Å². The van der Waals surface area contributed by atoms with E-state index in [1.54, 1.807) is 6.20 Å². The second-order valence-electron chi connectivity index (χ2n) is 6.52. The molecule has 1 aromatic carbocycles. The third-order valence-electron chi connectivity index (χ3n) is 4.56. The molecule has 3 rings (SSSR count). The lowest BCUT2D eigenvalue weighted by molar-refractivity contribution is 0.217. The molecule has 1 aliphatic rings. The summed E-state index contributed by atoms with van der Waals surface area (Å²) in [5.41, 5.74) is 2.30. The van der Waals surface area contributed by atoms with Crippen molar-refractivity contribution in [2.75, 3.05) is 5.32 Å². The molecule has 21 heavy (non-hydrogen) atoms. The summed E-state index contributed by atoms with van der Waals surface area (Å²) in [5.74, 6) is 0. The van der Waals surface area contributed by atoms with Gasteiger partial charge in [-0.2, -0.15) is 5.10 Å². The summed E-state index contributed by atoms with van der Waals surface area (Å²) >= 11 is 6.41. The zero-order chi connectivity index (χ0) is 14.9. The van der Waals surface area contributed by atoms with E-state index < -0.39 is 0 Å². The summed E-state index contributed by atoms with van der Waals surface area (Å²) in [5, 5.41) is 8.77. The minimum absolute atomic E-state index is 0.307. The van der Waals surface area contributed by atoms with E-state index in [9.17, 15) is 0 Å². The predicted molar refractivity (Wildman–Crippen MR) is 88.2 cm³/mol. The molecule has 1 aliphatic carbocycles. The number of anilines is 1. The van der Waals surface area contributed by atoms with Crippen LogP contribution < -0.4 is 5.32 Å². The van der Waals surface area contributed by atoms with Gasteiger partial charge in [-0.1, -0.05) is 44.4 Å². The van der Waals surface area contributed by atoms with Gasteiger partial charge in [-0.25, -0.2) is 4.68 Å². The second kappa shape index (κ2) is 5.72. The molecular formula is C17H22ClN3. The lowest BCUT2D eigenvalue weighted by Crippen LogP contribution is -2.39. The van der Waals surface area contributed by atoms with Crippen molar-refractivity contribution >= 4 is 17.3 Å². The summed E-state index contributed by atoms with van der Waals surface area (Å²) in [7, 11) is 0. The largest absolute Gasteiger partial charge is 0.380 e. The Morgan fingerprint density at radius 2 is 2.14 bits per heavy atom. The normalized spacial score (nSPS) is 21.2. The van der Waals surface area contributed by atoms with Crippen molar-refractivity contribution in [2.45, 2.75) is 45.6 Å². The molecule has 2 aromatic rings. The molecule has 1 fully saturated rings. The fraction of sp³-hybridized carbons (Fsp3) is 0.471. The number of halogens is 1. The molecule has 1 heterocycles. The molecule has 0 spiro atoms. The van der Waals surface area contributed by atoms with Gasteiger partial charge in [0.25, 0.3) is 0 Å². The number of nitrogens with zero attached hydrogens (tertiary/aromatic N) is 2. The molecule has 0 radical (unpaired) electrons. The van der Waals surface area contributed by atoms with Crippen LogP contribution in [-0.2, 0) is 0 Å². The summed E-state index contributed by atoms with van der Waals surface area (Å²) in [6.07, 6.45) is 8.79. The third-order valence-corrected chi connectivity index (χ3v) is 4.86. The van der Waals surface area contributed by atoms with Crippen LogP contribution in [0.25, 0.3) is 5.69 Å². The summed E-state index contributed by atoms with van der Waals surface area (Å²) in [4.78, 5) is 0. The Hall–Kier alpha value is -1.48. The first-order chi connectivity index (χ1) is 10.1. The van der Waals surface area contributed by atoms with E-state index >= 15 is 0 Å². The number of benzene rings is 1. The first-order valence-corrected chi connectivity index (χ1v) is 8.01. The predicted octanol–water partition coefficient (Wildman–Crippen LogP) is 4.91. The maximum absolute atomic E-state index is 6.41. The van der Waals surface area contributed by atoms with Crippen molar-refractivity contribution in [3.63, 3.8) is 0 Å². The van der Waals surface area contributed by atoms with Crippen LogP contribution in [0.4, 0.5) is 5.69 Å². The fourth-order valence-corrected chi connectivity index (χ4v) is 3.48. The molecule has 1 atom stereocenters. The monoisotopic (exact) mass is 303 g/mol. The minimum atomic E-state index is 0.307. The van der Waals surface area contributed by atoms with E-state index in [-0.39, 0.29) is 0 Å². The second-order valence-corrected chi connectivity index (χ2v) is 6.93. The molecule has 0 saturated heterocycles. The molecule has 1 aromatic heterocycles. The van der Waals surface area contributed by atoms with Gasteiger partial charge in [-0.15, -0.1) is 0 Å². The lowest BCUT2D eigenvalue weighted by atomic mass is 9.73. The van der Waals surface area contributed by atoms with Gasteiger partial charge in [0.2, 0.25) is 0 Å². The Bertz CT molecular complexity index is 605. The van der Waals surface area contributed by atoms with Crippen molar-refractivity contribution in [1.29, 1.82) is 0 Å². The Morgan fingerprint density at radius 1 is 1.29 bits per heavy atom. The lowest BCUT2D eigenvalue weighted by Gasteiger charge is -2.40. The molecular weight excluding hydrogens is 282 g/mol. The standard InChI is InChI=1S/C17H22ClN3/c1-17(2)10-4-3-9-15(17)20-14-8-5-7-13(18)16(14)21-12-6-11-19-21/h5-8,11-12,15,20H,3-4,9-10H2,1-2H3. The van der Waals surface area contributed by atoms with E-state index in [2.05, 4.69) is 30.3 Å². The van der Waals surface area contributed by atoms with Gasteiger partial charge in [0, 0.05) is 18.4 Å². The van der Waals surface area contributed by atoms with Gasteiger partial charge >= 0.3 is 0 Å². The van der Waals surface area contributed by atoms with Crippen LogP contribution >= 0.6 is 11.6 Å². The summed E-state index contributed by atoms with van der Waals surface area (Å²) in [6, 6.07) is 8.38. The van der Waals surface area contributed by atoms with E-state index in [1.807, 2.05) is 29.1 Å². The maximum atomic E-state index is 6.41. The van der Waals surface area contributed by atoms with E-state index in [1.165, 1.54) is 25.7 Å². The average Bonchev–Trinajstić information content (AvgIpc) is 2.95. The molecule has 1 saturated carbocycles. The minimum Gasteiger partial charge on any atom is -0.380 e. The number of nitrogens with one attached hydrogen (secondary N) is 1. The van der Waals surface area contributed by atoms with Crippen molar-refractivity contribution < 1.29 is 0 Å². The van der Waals surface area contributed by atoms with Crippen molar-refractivity contribution in [3.05, 3.63) is 41.7 Å². The van der Waals surface area contributed by atoms with E-state index in [0.717, 1.165) is 16.4 Å². The van der Waals surface area contributed by atoms with Crippen molar-refractivity contribution in [2.24, 2.45) is 5.41 Å². The molecule has 0 amide bonds. The zero-order valence-electron chi connectivity index (χ0n) is 12.6. The Labute approximate surface area is 131 Å². The molecule has 0 bridgehead atoms. The maximum Gasteiger partial charge on any atom is 0.106 e. The smallest absolute Gasteiger partial charge is 0.106 e. The third kappa shape index (κ3) is 2.93. The average molecular weight is 304 g/mol. The summed E-state index contributed by atoms with van der Waals surface area (Å²) in [6.45, 7) is 4.70. The van der Waals surface area contributed by atoms with Crippen LogP contribution in [-0.4, -0.2) is 15.8 Å². The van der Waals surface area contributed by atoms with Crippen LogP contribution in [0.3, 0.4) is 0 Å². The van der Waals surface area contributed by atoms with Gasteiger partial charge in [0.05, 0.1) is 10.7 Å². The van der Waals surface area contributed by atoms with Gasteiger partial charge in [0.1, 0.15) is 5.69 Å². The highest BCUT2D eigenvalue weighted by atomic mass is 35.5. The molecule has 1 unspecified atom stereocenters. The summed E-state index contributed by atoms with van der Waals surface area (Å²) < 4.78 is 1.83. The van der Waals surface area contributed by atoms with Crippen LogP contribution in [0.5, 0.6) is 0 Å². The van der Waals surface area contributed by atoms with Crippen LogP contribution in [0.15, 0.2) is 36.7 Å². The SMILES string of the molecule is CC1(C)CCCCC1Nc1cccc(Cl)c1-n1cccn1. The highest BCUT2D eigenvalue weighted by molar-refractivity contribution is 6.33. The topological polar surface area (TPSA) is 29.9 Å². The first-order valence-electron chi connectivity index (χ1n) is 7.63. The number of rotatable bonds is 3. The number of para-hydroxylation sites is 1. The Balaban J connectivity index is 1.94. The number of hydrogen-bond donors (Lipinski definition) is 1. The highest BCUT2D eigenvalue weighted by Crippen LogP contribution is 2.39. The van der Waals surface area contributed by atoms with Crippen molar-refractivity contribution in [3.8, 4) is 5.69 Å². The molecule has 1 N–H and O–H groups in total. The van der Waals surface area contributed by atoms with Crippen molar-refractivity contribution in [1.82, 2.24) is 9.78 Å². The zero-order valence-corrected chi connectivity index (χ0v) is 13.4. The van der Waals surface area contributed by atoms with Gasteiger partial charge in [0.15, 0.2) is 0 Å². The van der Waals surface area contributed by atoms with Gasteiger partial charge in [-0.05, 0) is 36.5 Å². The highest BCUT2D eigenvalue weighted by Gasteiger charge is 2.32. The molecule has 4 heteroatoms. The first kappa shape index (κ1) is 14.5.